The Bertz CT molecular complexity index is 1610. The Balaban J connectivity index is 1.32. The third kappa shape index (κ3) is 2.43. The first-order chi connectivity index (χ1) is 18.1. The number of nitrogens with zero attached hydrogens (tertiary/aromatic N) is 1. The number of benzene rings is 3. The lowest BCUT2D eigenvalue weighted by molar-refractivity contribution is -0.173. The predicted octanol–water partition coefficient (Wildman–Crippen LogP) is 5.24. The molecule has 186 valence electrons. The number of phenolic OH excluding ortho intramolecular Hbond substituents is 1. The van der Waals surface area contributed by atoms with E-state index in [0.29, 0.717) is 12.2 Å². The Morgan fingerprint density at radius 1 is 1.03 bits per heavy atom. The van der Waals surface area contributed by atoms with Crippen LogP contribution in [0.5, 0.6) is 11.5 Å². The van der Waals surface area contributed by atoms with Crippen LogP contribution in [-0.4, -0.2) is 44.8 Å². The molecule has 2 fully saturated rings. The molecule has 5 aliphatic rings. The van der Waals surface area contributed by atoms with Crippen molar-refractivity contribution in [2.24, 2.45) is 5.92 Å². The van der Waals surface area contributed by atoms with E-state index < -0.39 is 11.0 Å². The van der Waals surface area contributed by atoms with Gasteiger partial charge < -0.3 is 19.9 Å². The minimum absolute atomic E-state index is 0.0398. The highest BCUT2D eigenvalue weighted by molar-refractivity contribution is 5.99. The molecule has 0 amide bonds. The number of aromatic nitrogens is 1. The molecule has 9 rings (SSSR count). The molecule has 1 spiro atoms. The SMILES string of the molecule is Oc1ccc2c3c1O[C@@H]1c4[nH]c5cccc(-c6ccccc6)c5c4C[C@@]4(O)[C@@H](C2)N(CC2CC2)CC[C@]314. The van der Waals surface area contributed by atoms with Crippen molar-refractivity contribution in [3.63, 3.8) is 0 Å². The Morgan fingerprint density at radius 3 is 2.73 bits per heavy atom. The monoisotopic (exact) mass is 490 g/mol. The topological polar surface area (TPSA) is 68.7 Å². The quantitative estimate of drug-likeness (QED) is 0.367. The van der Waals surface area contributed by atoms with Crippen molar-refractivity contribution in [1.29, 1.82) is 0 Å². The van der Waals surface area contributed by atoms with Gasteiger partial charge >= 0.3 is 0 Å². The first-order valence-corrected chi connectivity index (χ1v) is 13.8. The van der Waals surface area contributed by atoms with E-state index >= 15 is 0 Å². The number of hydrogen-bond donors (Lipinski definition) is 3. The summed E-state index contributed by atoms with van der Waals surface area (Å²) in [6.45, 7) is 2.04. The highest BCUT2D eigenvalue weighted by Crippen LogP contribution is 2.69. The van der Waals surface area contributed by atoms with Gasteiger partial charge in [0.25, 0.3) is 0 Å². The molecule has 5 nitrogen and oxygen atoms in total. The van der Waals surface area contributed by atoms with Gasteiger partial charge in [0.1, 0.15) is 0 Å². The second kappa shape index (κ2) is 6.77. The second-order valence-corrected chi connectivity index (χ2v) is 12.0. The molecule has 4 atom stereocenters. The minimum Gasteiger partial charge on any atom is -0.504 e. The van der Waals surface area contributed by atoms with E-state index in [1.54, 1.807) is 6.07 Å². The van der Waals surface area contributed by atoms with Crippen molar-refractivity contribution < 1.29 is 14.9 Å². The van der Waals surface area contributed by atoms with Crippen LogP contribution in [0.4, 0.5) is 0 Å². The number of piperidine rings is 1. The number of ether oxygens (including phenoxy) is 1. The number of rotatable bonds is 3. The lowest BCUT2D eigenvalue weighted by atomic mass is 9.49. The van der Waals surface area contributed by atoms with Crippen LogP contribution in [0.15, 0.2) is 60.7 Å². The highest BCUT2D eigenvalue weighted by Gasteiger charge is 2.72. The Morgan fingerprint density at radius 2 is 1.89 bits per heavy atom. The van der Waals surface area contributed by atoms with Gasteiger partial charge in [-0.2, -0.15) is 0 Å². The van der Waals surface area contributed by atoms with Crippen LogP contribution in [0.25, 0.3) is 22.0 Å². The zero-order valence-electron chi connectivity index (χ0n) is 20.7. The number of H-pyrrole nitrogens is 1. The number of hydrogen-bond acceptors (Lipinski definition) is 4. The van der Waals surface area contributed by atoms with Crippen LogP contribution in [-0.2, 0) is 18.3 Å². The molecule has 3 heterocycles. The number of fused-ring (bicyclic) bond motifs is 4. The Kier molecular flexibility index (Phi) is 3.80. The van der Waals surface area contributed by atoms with E-state index in [-0.39, 0.29) is 17.9 Å². The molecular weight excluding hydrogens is 460 g/mol. The van der Waals surface area contributed by atoms with Gasteiger partial charge in [-0.25, -0.2) is 0 Å². The fourth-order valence-corrected chi connectivity index (χ4v) is 8.54. The summed E-state index contributed by atoms with van der Waals surface area (Å²) in [7, 11) is 0. The molecule has 1 aromatic heterocycles. The van der Waals surface area contributed by atoms with Crippen LogP contribution in [0.1, 0.15) is 47.8 Å². The molecule has 4 aromatic rings. The van der Waals surface area contributed by atoms with Gasteiger partial charge in [0.2, 0.25) is 0 Å². The summed E-state index contributed by atoms with van der Waals surface area (Å²) in [4.78, 5) is 6.34. The molecule has 3 aliphatic carbocycles. The van der Waals surface area contributed by atoms with Crippen molar-refractivity contribution in [3.05, 3.63) is 83.0 Å². The summed E-state index contributed by atoms with van der Waals surface area (Å²) in [5, 5.41) is 25.2. The summed E-state index contributed by atoms with van der Waals surface area (Å²) in [6, 6.07) is 20.9. The van der Waals surface area contributed by atoms with E-state index in [1.165, 1.54) is 40.5 Å². The van der Waals surface area contributed by atoms with Crippen molar-refractivity contribution in [3.8, 4) is 22.6 Å². The normalized spacial score (nSPS) is 31.2. The van der Waals surface area contributed by atoms with Crippen LogP contribution in [0, 0.1) is 5.92 Å². The second-order valence-electron chi connectivity index (χ2n) is 12.0. The van der Waals surface area contributed by atoms with E-state index in [1.807, 2.05) is 6.07 Å². The number of aromatic amines is 1. The van der Waals surface area contributed by atoms with Crippen LogP contribution in [0.3, 0.4) is 0 Å². The molecular formula is C32H30N2O3. The molecule has 2 aliphatic heterocycles. The highest BCUT2D eigenvalue weighted by atomic mass is 16.5. The number of aromatic hydroxyl groups is 1. The van der Waals surface area contributed by atoms with Gasteiger partial charge in [0, 0.05) is 35.5 Å². The number of likely N-dealkylation sites (tertiary alicyclic amines) is 1. The van der Waals surface area contributed by atoms with Crippen LogP contribution in [0.2, 0.25) is 0 Å². The lowest BCUT2D eigenvalue weighted by Crippen LogP contribution is -2.74. The fraction of sp³-hybridized carbons (Fsp3) is 0.375. The first kappa shape index (κ1) is 20.7. The van der Waals surface area contributed by atoms with Crippen molar-refractivity contribution in [2.75, 3.05) is 13.1 Å². The number of aliphatic hydroxyl groups is 1. The molecule has 0 radical (unpaired) electrons. The van der Waals surface area contributed by atoms with Gasteiger partial charge in [-0.3, -0.25) is 4.90 Å². The lowest BCUT2D eigenvalue weighted by Gasteiger charge is -2.62. The molecule has 1 saturated carbocycles. The number of phenols is 1. The zero-order valence-corrected chi connectivity index (χ0v) is 20.7. The third-order valence-electron chi connectivity index (χ3n) is 10.3. The molecule has 2 bridgehead atoms. The summed E-state index contributed by atoms with van der Waals surface area (Å²) < 4.78 is 6.75. The summed E-state index contributed by atoms with van der Waals surface area (Å²) in [5.41, 5.74) is 6.46. The smallest absolute Gasteiger partial charge is 0.166 e. The van der Waals surface area contributed by atoms with Crippen molar-refractivity contribution >= 4 is 10.9 Å². The van der Waals surface area contributed by atoms with Gasteiger partial charge in [0.15, 0.2) is 17.6 Å². The molecule has 0 unspecified atom stereocenters. The van der Waals surface area contributed by atoms with Crippen LogP contribution < -0.4 is 4.74 Å². The van der Waals surface area contributed by atoms with E-state index in [0.717, 1.165) is 48.6 Å². The summed E-state index contributed by atoms with van der Waals surface area (Å²) in [6.07, 6.45) is 4.49. The maximum absolute atomic E-state index is 13.1. The maximum atomic E-state index is 13.1. The van der Waals surface area contributed by atoms with Gasteiger partial charge in [-0.1, -0.05) is 48.5 Å². The first-order valence-electron chi connectivity index (χ1n) is 13.8. The molecule has 3 aromatic carbocycles. The largest absolute Gasteiger partial charge is 0.504 e. The molecule has 3 N–H and O–H groups in total. The number of nitrogens with one attached hydrogen (secondary N) is 1. The molecule has 37 heavy (non-hydrogen) atoms. The minimum atomic E-state index is -0.969. The average molecular weight is 491 g/mol. The predicted molar refractivity (Wildman–Crippen MR) is 142 cm³/mol. The molecule has 5 heteroatoms. The van der Waals surface area contributed by atoms with E-state index in [4.69, 9.17) is 4.74 Å². The van der Waals surface area contributed by atoms with Crippen molar-refractivity contribution in [2.45, 2.75) is 55.3 Å². The van der Waals surface area contributed by atoms with Gasteiger partial charge in [-0.05, 0) is 72.5 Å². The zero-order chi connectivity index (χ0) is 24.5. The summed E-state index contributed by atoms with van der Waals surface area (Å²) >= 11 is 0. The van der Waals surface area contributed by atoms with Crippen molar-refractivity contribution in [1.82, 2.24) is 9.88 Å². The van der Waals surface area contributed by atoms with Gasteiger partial charge in [-0.15, -0.1) is 0 Å². The maximum Gasteiger partial charge on any atom is 0.166 e. The van der Waals surface area contributed by atoms with E-state index in [9.17, 15) is 10.2 Å². The standard InChI is InChI=1S/C32H30N2O3/c35-24-12-11-20-15-25-32(36)16-22-26-21(19-5-2-1-3-6-19)7-4-8-23(26)33-28(22)30-31(32,27(20)29(24)37-30)13-14-34(25)17-18-9-10-18/h1-8,11-12,18,25,30,33,35-36H,9-10,13-17H2/t25-,30-,31+,32-/m1/s1. The Hall–Kier alpha value is -3.28. The Labute approximate surface area is 215 Å². The average Bonchev–Trinajstić information content (AvgIpc) is 3.55. The third-order valence-corrected chi connectivity index (χ3v) is 10.3. The van der Waals surface area contributed by atoms with Crippen LogP contribution >= 0.6 is 0 Å². The fourth-order valence-electron chi connectivity index (χ4n) is 8.54. The van der Waals surface area contributed by atoms with Gasteiger partial charge in [0.05, 0.1) is 16.7 Å². The summed E-state index contributed by atoms with van der Waals surface area (Å²) in [5.74, 6) is 1.54. The molecule has 1 saturated heterocycles. The van der Waals surface area contributed by atoms with E-state index in [2.05, 4.69) is 58.4 Å².